The van der Waals surface area contributed by atoms with E-state index in [2.05, 4.69) is 140 Å². The zero-order chi connectivity index (χ0) is 38.2. The minimum atomic E-state index is -0.562. The van der Waals surface area contributed by atoms with Gasteiger partial charge in [-0.2, -0.15) is 5.26 Å². The molecule has 0 saturated carbocycles. The molecule has 9 aromatic rings. The van der Waals surface area contributed by atoms with Gasteiger partial charge in [-0.15, -0.1) is 0 Å². The van der Waals surface area contributed by atoms with E-state index in [0.29, 0.717) is 23.0 Å². The first-order valence-electron chi connectivity index (χ1n) is 19.1. The van der Waals surface area contributed by atoms with Crippen molar-refractivity contribution < 1.29 is 0 Å². The van der Waals surface area contributed by atoms with Crippen LogP contribution in [0, 0.1) is 11.3 Å². The Hall–Kier alpha value is -7.74. The summed E-state index contributed by atoms with van der Waals surface area (Å²) in [5.41, 5.74) is 14.3. The molecule has 0 saturated heterocycles. The molecule has 10 rings (SSSR count). The van der Waals surface area contributed by atoms with Crippen LogP contribution < -0.4 is 0 Å². The van der Waals surface area contributed by atoms with Gasteiger partial charge in [0.2, 0.25) is 0 Å². The molecule has 0 bridgehead atoms. The summed E-state index contributed by atoms with van der Waals surface area (Å²) in [5.74, 6) is 1.84. The fourth-order valence-corrected chi connectivity index (χ4v) is 8.45. The average Bonchev–Trinajstić information content (AvgIpc) is 3.60. The van der Waals surface area contributed by atoms with Crippen LogP contribution in [0.3, 0.4) is 0 Å². The normalized spacial score (nSPS) is 12.3. The zero-order valence-electron chi connectivity index (χ0n) is 30.9. The molecule has 1 heterocycles. The van der Waals surface area contributed by atoms with Gasteiger partial charge in [-0.3, -0.25) is 0 Å². The van der Waals surface area contributed by atoms with E-state index in [4.69, 9.17) is 15.0 Å². The van der Waals surface area contributed by atoms with Crippen molar-refractivity contribution in [1.29, 1.82) is 5.26 Å². The topological polar surface area (TPSA) is 62.5 Å². The third kappa shape index (κ3) is 5.82. The van der Waals surface area contributed by atoms with E-state index in [0.717, 1.165) is 38.9 Å². The first kappa shape index (κ1) is 33.8. The van der Waals surface area contributed by atoms with Crippen LogP contribution in [-0.4, -0.2) is 15.0 Å². The van der Waals surface area contributed by atoms with Crippen molar-refractivity contribution in [1.82, 2.24) is 15.0 Å². The SMILES string of the molecule is N#Cc1ccc(-c2cc3c(cc2-c2cccc(-c4nc(-c5ccccc5)nc(-c5ccccc5)n4)c2)C(c2ccccc2)(c2ccccc2)c2ccccc2-3)cc1. The number of hydrogen-bond donors (Lipinski definition) is 0. The van der Waals surface area contributed by atoms with Crippen LogP contribution in [0.25, 0.3) is 67.5 Å². The smallest absolute Gasteiger partial charge is 0.164 e. The van der Waals surface area contributed by atoms with Crippen LogP contribution in [0.2, 0.25) is 0 Å². The van der Waals surface area contributed by atoms with Gasteiger partial charge in [0.25, 0.3) is 0 Å². The highest BCUT2D eigenvalue weighted by Crippen LogP contribution is 2.58. The van der Waals surface area contributed by atoms with Gasteiger partial charge in [0.05, 0.1) is 17.0 Å². The highest BCUT2D eigenvalue weighted by atomic mass is 15.0. The molecule has 1 aliphatic carbocycles. The predicted molar refractivity (Wildman–Crippen MR) is 229 cm³/mol. The number of nitrogens with zero attached hydrogens (tertiary/aromatic N) is 4. The van der Waals surface area contributed by atoms with E-state index < -0.39 is 5.41 Å². The molecule has 1 aromatic heterocycles. The van der Waals surface area contributed by atoms with E-state index in [1.54, 1.807) is 0 Å². The Morgan fingerprint density at radius 3 is 1.39 bits per heavy atom. The predicted octanol–water partition coefficient (Wildman–Crippen LogP) is 12.4. The van der Waals surface area contributed by atoms with Gasteiger partial charge in [0.15, 0.2) is 17.5 Å². The molecule has 0 amide bonds. The van der Waals surface area contributed by atoms with Crippen molar-refractivity contribution in [2.75, 3.05) is 0 Å². The van der Waals surface area contributed by atoms with Crippen molar-refractivity contribution in [3.8, 4) is 73.6 Å². The molecular weight excluding hydrogens is 693 g/mol. The summed E-state index contributed by atoms with van der Waals surface area (Å²) in [7, 11) is 0. The summed E-state index contributed by atoms with van der Waals surface area (Å²) in [6.07, 6.45) is 0. The summed E-state index contributed by atoms with van der Waals surface area (Å²) in [4.78, 5) is 15.1. The minimum Gasteiger partial charge on any atom is -0.208 e. The van der Waals surface area contributed by atoms with Gasteiger partial charge in [0.1, 0.15) is 0 Å². The van der Waals surface area contributed by atoms with E-state index in [1.165, 1.54) is 33.4 Å². The van der Waals surface area contributed by atoms with Crippen LogP contribution in [0.5, 0.6) is 0 Å². The Bertz CT molecular complexity index is 2840. The number of fused-ring (bicyclic) bond motifs is 3. The van der Waals surface area contributed by atoms with Gasteiger partial charge in [-0.1, -0.05) is 176 Å². The van der Waals surface area contributed by atoms with Crippen LogP contribution in [0.4, 0.5) is 0 Å². The molecule has 1 aliphatic rings. The quantitative estimate of drug-likeness (QED) is 0.164. The highest BCUT2D eigenvalue weighted by Gasteiger charge is 2.46. The molecule has 4 heteroatoms. The third-order valence-corrected chi connectivity index (χ3v) is 11.1. The monoisotopic (exact) mass is 726 g/mol. The maximum absolute atomic E-state index is 9.70. The summed E-state index contributed by atoms with van der Waals surface area (Å²) in [6, 6.07) is 74.2. The van der Waals surface area contributed by atoms with Crippen LogP contribution in [0.1, 0.15) is 27.8 Å². The van der Waals surface area contributed by atoms with Crippen molar-refractivity contribution in [3.05, 3.63) is 234 Å². The molecule has 57 heavy (non-hydrogen) atoms. The lowest BCUT2D eigenvalue weighted by Crippen LogP contribution is -2.28. The zero-order valence-corrected chi connectivity index (χ0v) is 30.9. The fourth-order valence-electron chi connectivity index (χ4n) is 8.45. The van der Waals surface area contributed by atoms with E-state index in [9.17, 15) is 5.26 Å². The second-order valence-corrected chi connectivity index (χ2v) is 14.3. The molecule has 0 fully saturated rings. The molecule has 0 spiro atoms. The Balaban J connectivity index is 1.24. The second kappa shape index (κ2) is 14.2. The molecule has 266 valence electrons. The molecule has 8 aromatic carbocycles. The lowest BCUT2D eigenvalue weighted by atomic mass is 9.67. The standard InChI is InChI=1S/C53H34N4/c54-35-36-28-30-37(31-29-36)45-33-47-44-26-13-14-27-48(44)53(42-22-9-3-10-23-42,43-24-11-4-12-25-43)49(47)34-46(45)40-20-15-21-41(32-40)52-56-50(38-16-5-1-6-17-38)55-51(57-52)39-18-7-2-8-19-39/h1-34H. The largest absolute Gasteiger partial charge is 0.208 e. The summed E-state index contributed by atoms with van der Waals surface area (Å²) in [6.45, 7) is 0. The van der Waals surface area contributed by atoms with Gasteiger partial charge in [0, 0.05) is 16.7 Å². The maximum Gasteiger partial charge on any atom is 0.164 e. The average molecular weight is 727 g/mol. The van der Waals surface area contributed by atoms with Crippen LogP contribution >= 0.6 is 0 Å². The van der Waals surface area contributed by atoms with Gasteiger partial charge >= 0.3 is 0 Å². The lowest BCUT2D eigenvalue weighted by molar-refractivity contribution is 0.769. The third-order valence-electron chi connectivity index (χ3n) is 11.1. The van der Waals surface area contributed by atoms with Gasteiger partial charge < -0.3 is 0 Å². The molecule has 0 unspecified atom stereocenters. The molecule has 0 N–H and O–H groups in total. The molecule has 0 aliphatic heterocycles. The van der Waals surface area contributed by atoms with Gasteiger partial charge in [-0.05, 0) is 86.0 Å². The molecule has 0 atom stereocenters. The van der Waals surface area contributed by atoms with Crippen molar-refractivity contribution in [2.45, 2.75) is 5.41 Å². The van der Waals surface area contributed by atoms with Crippen LogP contribution in [-0.2, 0) is 5.41 Å². The first-order valence-corrected chi connectivity index (χ1v) is 19.1. The molecule has 0 radical (unpaired) electrons. The van der Waals surface area contributed by atoms with Crippen molar-refractivity contribution >= 4 is 0 Å². The number of rotatable bonds is 7. The number of benzene rings is 8. The van der Waals surface area contributed by atoms with Crippen molar-refractivity contribution in [3.63, 3.8) is 0 Å². The van der Waals surface area contributed by atoms with Crippen molar-refractivity contribution in [2.24, 2.45) is 0 Å². The van der Waals surface area contributed by atoms with E-state index >= 15 is 0 Å². The van der Waals surface area contributed by atoms with Gasteiger partial charge in [-0.25, -0.2) is 15.0 Å². The molecule has 4 nitrogen and oxygen atoms in total. The summed E-state index contributed by atoms with van der Waals surface area (Å²) >= 11 is 0. The van der Waals surface area contributed by atoms with Crippen LogP contribution in [0.15, 0.2) is 206 Å². The Morgan fingerprint density at radius 2 is 0.807 bits per heavy atom. The highest BCUT2D eigenvalue weighted by molar-refractivity contribution is 5.95. The fraction of sp³-hybridized carbons (Fsp3) is 0.0189. The Kier molecular flexibility index (Phi) is 8.39. The number of hydrogen-bond acceptors (Lipinski definition) is 4. The summed E-state index contributed by atoms with van der Waals surface area (Å²) in [5, 5.41) is 9.70. The minimum absolute atomic E-state index is 0.562. The molecular formula is C53H34N4. The number of nitriles is 1. The summed E-state index contributed by atoms with van der Waals surface area (Å²) < 4.78 is 0. The first-order chi connectivity index (χ1) is 28.2. The van der Waals surface area contributed by atoms with E-state index in [1.807, 2.05) is 72.8 Å². The Labute approximate surface area is 332 Å². The Morgan fingerprint density at radius 1 is 0.333 bits per heavy atom. The number of aromatic nitrogens is 3. The lowest BCUT2D eigenvalue weighted by Gasteiger charge is -2.34. The maximum atomic E-state index is 9.70. The second-order valence-electron chi connectivity index (χ2n) is 14.3. The van der Waals surface area contributed by atoms with E-state index in [-0.39, 0.29) is 0 Å².